The summed E-state index contributed by atoms with van der Waals surface area (Å²) >= 11 is 0. The quantitative estimate of drug-likeness (QED) is 0.103. The minimum atomic E-state index is -1.90. The fourth-order valence-electron chi connectivity index (χ4n) is 6.41. The van der Waals surface area contributed by atoms with E-state index >= 15 is 0 Å². The molecule has 1 aliphatic rings. The van der Waals surface area contributed by atoms with Gasteiger partial charge in [0.05, 0.1) is 39.9 Å². The van der Waals surface area contributed by atoms with Crippen LogP contribution in [0.15, 0.2) is 106 Å². The third kappa shape index (κ3) is 15.6. The Morgan fingerprint density at radius 2 is 1.00 bits per heavy atom. The highest BCUT2D eigenvalue weighted by molar-refractivity contribution is 5.89. The van der Waals surface area contributed by atoms with Gasteiger partial charge in [-0.25, -0.2) is 19.6 Å². The van der Waals surface area contributed by atoms with Crippen molar-refractivity contribution < 1.29 is 85.8 Å². The third-order valence-electron chi connectivity index (χ3n) is 10.2. The fourth-order valence-corrected chi connectivity index (χ4v) is 6.41. The number of rotatable bonds is 16. The largest absolute Gasteiger partial charge is 0.481 e. The van der Waals surface area contributed by atoms with Gasteiger partial charge in [0.1, 0.15) is 47.8 Å². The number of aliphatic carboxylic acids is 2. The first-order valence-corrected chi connectivity index (χ1v) is 21.0. The first-order valence-electron chi connectivity index (χ1n) is 21.0. The predicted molar refractivity (Wildman–Crippen MR) is 239 cm³/mol. The summed E-state index contributed by atoms with van der Waals surface area (Å²) < 4.78 is 44.2. The van der Waals surface area contributed by atoms with Crippen molar-refractivity contribution in [3.63, 3.8) is 0 Å². The van der Waals surface area contributed by atoms with Gasteiger partial charge in [0.15, 0.2) is 11.4 Å². The number of fused-ring (bicyclic) bond motifs is 4. The van der Waals surface area contributed by atoms with Gasteiger partial charge >= 0.3 is 47.8 Å². The zero-order chi connectivity index (χ0) is 50.3. The molecule has 0 fully saturated rings. The number of ether oxygens (including phenoxy) is 6. The molecule has 2 N–H and O–H groups in total. The van der Waals surface area contributed by atoms with Crippen LogP contribution in [0.5, 0.6) is 0 Å². The van der Waals surface area contributed by atoms with Gasteiger partial charge in [-0.1, -0.05) is 72.9 Å². The van der Waals surface area contributed by atoms with Crippen LogP contribution in [0.1, 0.15) is 99.0 Å². The number of cyclic esters (lactones) is 2. The summed E-state index contributed by atoms with van der Waals surface area (Å²) in [6.45, 7) is 5.95. The molecule has 6 atom stereocenters. The Morgan fingerprint density at radius 1 is 0.632 bits per heavy atom. The summed E-state index contributed by atoms with van der Waals surface area (Å²) in [5.41, 5.74) is -4.36. The lowest BCUT2D eigenvalue weighted by Crippen LogP contribution is -2.52. The molecule has 0 saturated carbocycles. The Balaban J connectivity index is 2.08. The van der Waals surface area contributed by atoms with Gasteiger partial charge < -0.3 is 47.5 Å². The number of oxazole rings is 2. The van der Waals surface area contributed by atoms with Gasteiger partial charge in [0, 0.05) is 25.0 Å². The Kier molecular flexibility index (Phi) is 21.5. The van der Waals surface area contributed by atoms with Crippen molar-refractivity contribution in [2.24, 2.45) is 10.8 Å². The molecule has 364 valence electrons. The van der Waals surface area contributed by atoms with E-state index in [9.17, 15) is 38.4 Å². The van der Waals surface area contributed by atoms with Crippen LogP contribution in [0.4, 0.5) is 0 Å². The van der Waals surface area contributed by atoms with Crippen LogP contribution in [0.3, 0.4) is 0 Å². The van der Waals surface area contributed by atoms with Crippen molar-refractivity contribution >= 4 is 59.9 Å². The number of allylic oxidation sites excluding steroid dienone is 10. The lowest BCUT2D eigenvalue weighted by atomic mass is 9.76. The molecule has 3 heterocycles. The Labute approximate surface area is 391 Å². The Morgan fingerprint density at radius 3 is 1.34 bits per heavy atom. The number of hydrogen-bond acceptors (Lipinski definition) is 18. The summed E-state index contributed by atoms with van der Waals surface area (Å²) in [4.78, 5) is 111. The zero-order valence-corrected chi connectivity index (χ0v) is 38.3. The van der Waals surface area contributed by atoms with Crippen LogP contribution in [0.2, 0.25) is 0 Å². The predicted octanol–water partition coefficient (Wildman–Crippen LogP) is 6.52. The van der Waals surface area contributed by atoms with Crippen molar-refractivity contribution in [3.05, 3.63) is 121 Å². The monoisotopic (exact) mass is 946 g/mol. The number of aromatic nitrogens is 2. The summed E-state index contributed by atoms with van der Waals surface area (Å²) in [5.74, 6) is -8.25. The van der Waals surface area contributed by atoms with Crippen molar-refractivity contribution in [2.45, 2.75) is 90.6 Å². The average molecular weight is 947 g/mol. The van der Waals surface area contributed by atoms with Gasteiger partial charge in [-0.3, -0.25) is 28.8 Å². The molecule has 0 radical (unpaired) electrons. The number of nitrogens with zero attached hydrogens (tertiary/aromatic N) is 2. The molecule has 2 aromatic heterocycles. The molecule has 20 heteroatoms. The third-order valence-corrected chi connectivity index (χ3v) is 10.2. The van der Waals surface area contributed by atoms with Crippen LogP contribution in [0.25, 0.3) is 12.2 Å². The Bertz CT molecular complexity index is 2200. The second-order valence-electron chi connectivity index (χ2n) is 15.0. The van der Waals surface area contributed by atoms with Crippen LogP contribution in [-0.4, -0.2) is 107 Å². The molecule has 2 aromatic rings. The van der Waals surface area contributed by atoms with Gasteiger partial charge in [-0.2, -0.15) is 0 Å². The normalized spacial score (nSPS) is 21.5. The number of carboxylic acid groups (broad SMARTS) is 2. The number of hydrogen-bond donors (Lipinski definition) is 2. The highest BCUT2D eigenvalue weighted by Gasteiger charge is 2.53. The number of methoxy groups -OCH3 is 2. The molecule has 0 aromatic carbocycles. The molecule has 0 saturated heterocycles. The van der Waals surface area contributed by atoms with Crippen LogP contribution < -0.4 is 0 Å². The smallest absolute Gasteiger partial charge is 0.360 e. The number of carboxylic acids is 2. The lowest BCUT2D eigenvalue weighted by Gasteiger charge is -2.38. The minimum Gasteiger partial charge on any atom is -0.481 e. The average Bonchev–Trinajstić information content (AvgIpc) is 4.00. The van der Waals surface area contributed by atoms with E-state index in [1.165, 1.54) is 62.5 Å². The van der Waals surface area contributed by atoms with Crippen molar-refractivity contribution in [3.8, 4) is 0 Å². The SMILES string of the molecule is C/C=C/C(OC(=O)CCC(=O)O)C(C)(C(=O)OC)C1C\C=C/C=C/C=C/c2nc(co2)C(=O)OC(C(C)(C(=O)OC)C(/C=C/C)OC(=O)CCC(=O)O)C\C=C/C=C/C=C/c2nc(co2)C(=O)O1. The molecular formula is C48H54N2O18. The standard InChI is InChI=1S/C48H54N2O18/c1-7-19-33(65-41(55)27-25-39(51)52)47(3,45(59)61-5)35-21-15-11-9-13-17-24-38-50-32(30-64-38)44(58)68-36(22-16-12-10-14-18-23-37-49-31(29-63-37)43(57)67-35)48(4,46(60)62-6)34(20-8-2)66-42(56)28-26-40(53)54/h7-20,23-24,29-30,33-36H,21-22,25-28H2,1-6H3,(H,51,52)(H,53,54)/b13-9+,14-10+,15-11-,16-12-,19-7+,20-8+,23-18+,24-17+. The molecule has 1 aliphatic heterocycles. The van der Waals surface area contributed by atoms with E-state index in [-0.39, 0.29) is 36.0 Å². The van der Waals surface area contributed by atoms with E-state index in [0.29, 0.717) is 0 Å². The van der Waals surface area contributed by atoms with Crippen LogP contribution >= 0.6 is 0 Å². The summed E-state index contributed by atoms with van der Waals surface area (Å²) in [5, 5.41) is 18.2. The second-order valence-corrected chi connectivity index (χ2v) is 15.0. The molecule has 0 spiro atoms. The van der Waals surface area contributed by atoms with Crippen molar-refractivity contribution in [1.82, 2.24) is 9.97 Å². The van der Waals surface area contributed by atoms with Crippen LogP contribution in [-0.2, 0) is 57.2 Å². The first kappa shape index (κ1) is 54.4. The second kappa shape index (κ2) is 26.9. The molecule has 0 amide bonds. The zero-order valence-electron chi connectivity index (χ0n) is 38.3. The van der Waals surface area contributed by atoms with Crippen LogP contribution in [0, 0.1) is 10.8 Å². The van der Waals surface area contributed by atoms with E-state index in [4.69, 9.17) is 47.5 Å². The molecule has 0 aliphatic carbocycles. The maximum atomic E-state index is 13.7. The van der Waals surface area contributed by atoms with E-state index in [1.54, 1.807) is 62.5 Å². The lowest BCUT2D eigenvalue weighted by molar-refractivity contribution is -0.178. The molecule has 4 bridgehead atoms. The number of carbonyl (C=O) groups is 8. The summed E-state index contributed by atoms with van der Waals surface area (Å²) in [6.07, 6.45) is 18.2. The maximum Gasteiger partial charge on any atom is 0.360 e. The topological polar surface area (TPSA) is 284 Å². The summed E-state index contributed by atoms with van der Waals surface area (Å²) in [7, 11) is 2.20. The van der Waals surface area contributed by atoms with Gasteiger partial charge in [-0.15, -0.1) is 0 Å². The summed E-state index contributed by atoms with van der Waals surface area (Å²) in [6, 6.07) is 0. The maximum absolute atomic E-state index is 13.7. The first-order chi connectivity index (χ1) is 32.4. The highest BCUT2D eigenvalue weighted by atomic mass is 16.6. The number of esters is 6. The van der Waals surface area contributed by atoms with Crippen molar-refractivity contribution in [2.75, 3.05) is 14.2 Å². The molecule has 6 unspecified atom stereocenters. The van der Waals surface area contributed by atoms with Gasteiger partial charge in [0.25, 0.3) is 0 Å². The van der Waals surface area contributed by atoms with E-state index in [1.807, 2.05) is 0 Å². The fraction of sp³-hybridized carbons (Fsp3) is 0.375. The van der Waals surface area contributed by atoms with Crippen molar-refractivity contribution in [1.29, 1.82) is 0 Å². The Hall–Kier alpha value is -7.90. The molecule has 20 nitrogen and oxygen atoms in total. The number of carbonyl (C=O) groups excluding carboxylic acids is 6. The molecular weight excluding hydrogens is 893 g/mol. The van der Waals surface area contributed by atoms with E-state index < -0.39 is 109 Å². The van der Waals surface area contributed by atoms with E-state index in [0.717, 1.165) is 26.7 Å². The highest BCUT2D eigenvalue weighted by Crippen LogP contribution is 2.38. The molecule has 3 rings (SSSR count). The van der Waals surface area contributed by atoms with Gasteiger partial charge in [0.2, 0.25) is 11.8 Å². The minimum absolute atomic E-state index is 0.0266. The molecule has 68 heavy (non-hydrogen) atoms. The van der Waals surface area contributed by atoms with E-state index in [2.05, 4.69) is 9.97 Å². The van der Waals surface area contributed by atoms with Gasteiger partial charge in [-0.05, 0) is 39.8 Å².